The third kappa shape index (κ3) is 3.18. The van der Waals surface area contributed by atoms with Crippen LogP contribution >= 0.6 is 0 Å². The number of rotatable bonds is 3. The number of fused-ring (bicyclic) bond motifs is 1. The fraction of sp³-hybridized carbons (Fsp3) is 0.400. The van der Waals surface area contributed by atoms with Crippen molar-refractivity contribution in [3.63, 3.8) is 0 Å². The number of nitrogens with one attached hydrogen (secondary N) is 1. The van der Waals surface area contributed by atoms with E-state index < -0.39 is 0 Å². The minimum atomic E-state index is -0.0117. The summed E-state index contributed by atoms with van der Waals surface area (Å²) in [4.78, 5) is 18.8. The SMILES string of the molecule is Cc1ccc(OC2CCN(c3nc4c(cc3C)C(=O)NC4)CC2)cc1. The number of nitrogens with zero attached hydrogens (tertiary/aromatic N) is 2. The Morgan fingerprint density at radius 1 is 1.16 bits per heavy atom. The average molecular weight is 337 g/mol. The van der Waals surface area contributed by atoms with Crippen LogP contribution in [-0.2, 0) is 6.54 Å². The zero-order valence-corrected chi connectivity index (χ0v) is 14.7. The number of piperidine rings is 1. The lowest BCUT2D eigenvalue weighted by Crippen LogP contribution is -2.39. The molecule has 2 aromatic rings. The first-order chi connectivity index (χ1) is 12.1. The van der Waals surface area contributed by atoms with Gasteiger partial charge in [-0.25, -0.2) is 4.98 Å². The average Bonchev–Trinajstić information content (AvgIpc) is 2.97. The fourth-order valence-corrected chi connectivity index (χ4v) is 3.55. The first-order valence-electron chi connectivity index (χ1n) is 8.87. The molecule has 0 atom stereocenters. The Balaban J connectivity index is 1.42. The molecule has 0 unspecified atom stereocenters. The molecule has 3 heterocycles. The van der Waals surface area contributed by atoms with Crippen LogP contribution in [0, 0.1) is 13.8 Å². The molecule has 1 N–H and O–H groups in total. The molecule has 0 saturated carbocycles. The second-order valence-electron chi connectivity index (χ2n) is 6.92. The number of benzene rings is 1. The van der Waals surface area contributed by atoms with Gasteiger partial charge in [0.05, 0.1) is 17.8 Å². The highest BCUT2D eigenvalue weighted by molar-refractivity contribution is 5.98. The lowest BCUT2D eigenvalue weighted by atomic mass is 10.1. The molecule has 1 fully saturated rings. The van der Waals surface area contributed by atoms with Crippen LogP contribution in [0.15, 0.2) is 30.3 Å². The van der Waals surface area contributed by atoms with E-state index in [4.69, 9.17) is 9.72 Å². The fourth-order valence-electron chi connectivity index (χ4n) is 3.55. The number of amides is 1. The van der Waals surface area contributed by atoms with E-state index in [-0.39, 0.29) is 12.0 Å². The smallest absolute Gasteiger partial charge is 0.253 e. The quantitative estimate of drug-likeness (QED) is 0.935. The summed E-state index contributed by atoms with van der Waals surface area (Å²) in [7, 11) is 0. The number of hydrogen-bond donors (Lipinski definition) is 1. The Kier molecular flexibility index (Phi) is 4.07. The van der Waals surface area contributed by atoms with Gasteiger partial charge in [-0.2, -0.15) is 0 Å². The van der Waals surface area contributed by atoms with Crippen LogP contribution in [0.3, 0.4) is 0 Å². The molecule has 5 heteroatoms. The number of anilines is 1. The van der Waals surface area contributed by atoms with Crippen molar-refractivity contribution in [3.05, 3.63) is 52.7 Å². The van der Waals surface area contributed by atoms with Gasteiger partial charge in [-0.05, 0) is 37.6 Å². The van der Waals surface area contributed by atoms with Crippen LogP contribution in [0.5, 0.6) is 5.75 Å². The van der Waals surface area contributed by atoms with Crippen LogP contribution in [0.4, 0.5) is 5.82 Å². The minimum absolute atomic E-state index is 0.0117. The van der Waals surface area contributed by atoms with Crippen molar-refractivity contribution < 1.29 is 9.53 Å². The van der Waals surface area contributed by atoms with E-state index >= 15 is 0 Å². The van der Waals surface area contributed by atoms with Gasteiger partial charge in [-0.1, -0.05) is 17.7 Å². The predicted molar refractivity (Wildman–Crippen MR) is 97.2 cm³/mol. The van der Waals surface area contributed by atoms with E-state index in [9.17, 15) is 4.79 Å². The van der Waals surface area contributed by atoms with Crippen molar-refractivity contribution in [2.45, 2.75) is 39.3 Å². The van der Waals surface area contributed by atoms with Gasteiger partial charge in [0, 0.05) is 25.9 Å². The van der Waals surface area contributed by atoms with Crippen molar-refractivity contribution >= 4 is 11.7 Å². The molecule has 1 aromatic heterocycles. The van der Waals surface area contributed by atoms with Crippen LogP contribution in [0.25, 0.3) is 0 Å². The molecule has 1 aromatic carbocycles. The number of ether oxygens (including phenoxy) is 1. The predicted octanol–water partition coefficient (Wildman–Crippen LogP) is 2.99. The maximum Gasteiger partial charge on any atom is 0.253 e. The third-order valence-electron chi connectivity index (χ3n) is 4.99. The van der Waals surface area contributed by atoms with Gasteiger partial charge in [-0.15, -0.1) is 0 Å². The van der Waals surface area contributed by atoms with Gasteiger partial charge in [0.15, 0.2) is 0 Å². The monoisotopic (exact) mass is 337 g/mol. The van der Waals surface area contributed by atoms with Crippen molar-refractivity contribution in [2.75, 3.05) is 18.0 Å². The van der Waals surface area contributed by atoms with Crippen molar-refractivity contribution in [3.8, 4) is 5.75 Å². The summed E-state index contributed by atoms with van der Waals surface area (Å²) in [5.74, 6) is 1.94. The molecule has 2 aliphatic rings. The number of hydrogen-bond acceptors (Lipinski definition) is 4. The first-order valence-corrected chi connectivity index (χ1v) is 8.87. The number of carbonyl (C=O) groups excluding carboxylic acids is 1. The molecule has 1 saturated heterocycles. The van der Waals surface area contributed by atoms with Crippen molar-refractivity contribution in [1.29, 1.82) is 0 Å². The summed E-state index contributed by atoms with van der Waals surface area (Å²) in [5, 5.41) is 2.84. The van der Waals surface area contributed by atoms with E-state index in [0.29, 0.717) is 6.54 Å². The Hall–Kier alpha value is -2.56. The van der Waals surface area contributed by atoms with E-state index in [0.717, 1.165) is 54.3 Å². The molecule has 0 spiro atoms. The van der Waals surface area contributed by atoms with Crippen LogP contribution < -0.4 is 15.0 Å². The molecular formula is C20H23N3O2. The minimum Gasteiger partial charge on any atom is -0.490 e. The molecule has 4 rings (SSSR count). The topological polar surface area (TPSA) is 54.5 Å². The van der Waals surface area contributed by atoms with Crippen LogP contribution in [0.2, 0.25) is 0 Å². The maximum absolute atomic E-state index is 11.8. The van der Waals surface area contributed by atoms with Crippen molar-refractivity contribution in [2.24, 2.45) is 0 Å². The van der Waals surface area contributed by atoms with Gasteiger partial charge in [0.2, 0.25) is 0 Å². The number of pyridine rings is 1. The Labute approximate surface area is 148 Å². The summed E-state index contributed by atoms with van der Waals surface area (Å²) in [6, 6.07) is 10.2. The number of aromatic nitrogens is 1. The summed E-state index contributed by atoms with van der Waals surface area (Å²) in [6.07, 6.45) is 2.20. The Morgan fingerprint density at radius 2 is 1.88 bits per heavy atom. The highest BCUT2D eigenvalue weighted by Gasteiger charge is 2.26. The van der Waals surface area contributed by atoms with Gasteiger partial charge >= 0.3 is 0 Å². The highest BCUT2D eigenvalue weighted by atomic mass is 16.5. The van der Waals surface area contributed by atoms with Crippen LogP contribution in [0.1, 0.15) is 40.0 Å². The zero-order valence-electron chi connectivity index (χ0n) is 14.7. The lowest BCUT2D eigenvalue weighted by molar-refractivity contribution is 0.0965. The van der Waals surface area contributed by atoms with E-state index in [1.165, 1.54) is 5.56 Å². The zero-order chi connectivity index (χ0) is 17.4. The maximum atomic E-state index is 11.8. The second-order valence-corrected chi connectivity index (χ2v) is 6.92. The first kappa shape index (κ1) is 15.9. The molecular weight excluding hydrogens is 314 g/mol. The summed E-state index contributed by atoms with van der Waals surface area (Å²) in [6.45, 7) is 6.49. The van der Waals surface area contributed by atoms with E-state index in [2.05, 4.69) is 29.3 Å². The lowest BCUT2D eigenvalue weighted by Gasteiger charge is -2.34. The number of aryl methyl sites for hydroxylation is 2. The summed E-state index contributed by atoms with van der Waals surface area (Å²) < 4.78 is 6.11. The largest absolute Gasteiger partial charge is 0.490 e. The number of carbonyl (C=O) groups is 1. The van der Waals surface area contributed by atoms with Gasteiger partial charge in [0.1, 0.15) is 17.7 Å². The third-order valence-corrected chi connectivity index (χ3v) is 4.99. The van der Waals surface area contributed by atoms with Gasteiger partial charge < -0.3 is 15.0 Å². The standard InChI is InChI=1S/C20H23N3O2/c1-13-3-5-15(6-4-13)25-16-7-9-23(10-8-16)19-14(2)11-17-18(22-19)12-21-20(17)24/h3-6,11,16H,7-10,12H2,1-2H3,(H,21,24). The molecule has 0 radical (unpaired) electrons. The molecule has 2 aliphatic heterocycles. The molecule has 1 amide bonds. The molecule has 0 bridgehead atoms. The van der Waals surface area contributed by atoms with Gasteiger partial charge in [0.25, 0.3) is 5.91 Å². The van der Waals surface area contributed by atoms with E-state index in [1.807, 2.05) is 25.1 Å². The highest BCUT2D eigenvalue weighted by Crippen LogP contribution is 2.27. The summed E-state index contributed by atoms with van der Waals surface area (Å²) in [5.41, 5.74) is 3.89. The van der Waals surface area contributed by atoms with Crippen LogP contribution in [-0.4, -0.2) is 30.1 Å². The second kappa shape index (κ2) is 6.39. The van der Waals surface area contributed by atoms with E-state index in [1.54, 1.807) is 0 Å². The molecule has 130 valence electrons. The Bertz CT molecular complexity index is 793. The van der Waals surface area contributed by atoms with Gasteiger partial charge in [-0.3, -0.25) is 4.79 Å². The molecule has 5 nitrogen and oxygen atoms in total. The summed E-state index contributed by atoms with van der Waals surface area (Å²) >= 11 is 0. The normalized spacial score (nSPS) is 17.4. The molecule has 0 aliphatic carbocycles. The molecule has 25 heavy (non-hydrogen) atoms. The Morgan fingerprint density at radius 3 is 2.60 bits per heavy atom. The van der Waals surface area contributed by atoms with Crippen molar-refractivity contribution in [1.82, 2.24) is 10.3 Å².